The van der Waals surface area contributed by atoms with Crippen LogP contribution in [0.4, 0.5) is 5.82 Å². The van der Waals surface area contributed by atoms with E-state index >= 15 is 0 Å². The number of ketones is 1. The average Bonchev–Trinajstić information content (AvgIpc) is 3.30. The lowest BCUT2D eigenvalue weighted by Gasteiger charge is -2.39. The number of benzene rings is 1. The van der Waals surface area contributed by atoms with E-state index in [1.807, 2.05) is 12.1 Å². The van der Waals surface area contributed by atoms with Crippen LogP contribution >= 0.6 is 11.6 Å². The van der Waals surface area contributed by atoms with Gasteiger partial charge < -0.3 is 9.26 Å². The molecule has 1 fully saturated rings. The third-order valence-electron chi connectivity index (χ3n) is 7.16. The molecule has 0 N–H and O–H groups in total. The van der Waals surface area contributed by atoms with Crippen LogP contribution in [0.3, 0.4) is 0 Å². The molecule has 5 unspecified atom stereocenters. The summed E-state index contributed by atoms with van der Waals surface area (Å²) in [6, 6.07) is 9.17. The molecule has 1 saturated carbocycles. The third kappa shape index (κ3) is 3.59. The maximum atomic E-state index is 13.8. The van der Waals surface area contributed by atoms with Gasteiger partial charge in [-0.05, 0) is 42.2 Å². The molecular formula is C26H29ClN2O4. The molecule has 0 radical (unpaired) electrons. The second-order valence-electron chi connectivity index (χ2n) is 10.6. The van der Waals surface area contributed by atoms with Crippen molar-refractivity contribution in [2.45, 2.75) is 70.4 Å². The molecule has 1 aromatic heterocycles. The van der Waals surface area contributed by atoms with E-state index in [-0.39, 0.29) is 46.2 Å². The second-order valence-corrected chi connectivity index (χ2v) is 11.1. The van der Waals surface area contributed by atoms with Gasteiger partial charge in [0.15, 0.2) is 17.4 Å². The van der Waals surface area contributed by atoms with Crippen LogP contribution in [0.5, 0.6) is 0 Å². The number of carbonyl (C=O) groups is 2. The molecule has 0 saturated heterocycles. The predicted octanol–water partition coefficient (Wildman–Crippen LogP) is 5.24. The molecule has 6 nitrogen and oxygen atoms in total. The first-order valence-corrected chi connectivity index (χ1v) is 12.0. The molecule has 174 valence electrons. The van der Waals surface area contributed by atoms with Gasteiger partial charge in [-0.15, -0.1) is 11.6 Å². The van der Waals surface area contributed by atoms with Crippen LogP contribution in [0.2, 0.25) is 0 Å². The summed E-state index contributed by atoms with van der Waals surface area (Å²) in [6.45, 7) is 10.3. The second kappa shape index (κ2) is 7.73. The number of ether oxygens (including phenoxy) is 1. The summed E-state index contributed by atoms with van der Waals surface area (Å²) in [7, 11) is 0. The Kier molecular flexibility index (Phi) is 5.20. The van der Waals surface area contributed by atoms with Gasteiger partial charge in [0, 0.05) is 11.4 Å². The van der Waals surface area contributed by atoms with Gasteiger partial charge in [0.05, 0.1) is 17.5 Å². The fraction of sp³-hybridized carbons (Fsp3) is 0.500. The quantitative estimate of drug-likeness (QED) is 0.563. The van der Waals surface area contributed by atoms with Crippen molar-refractivity contribution in [3.63, 3.8) is 0 Å². The molecule has 2 aromatic rings. The number of Topliss-reactive ketones (excluding diaryl/α,β-unsaturated/α-hetero) is 1. The van der Waals surface area contributed by atoms with Crippen molar-refractivity contribution in [3.05, 3.63) is 58.6 Å². The number of alkyl halides is 1. The van der Waals surface area contributed by atoms with Gasteiger partial charge in [-0.1, -0.05) is 57.1 Å². The monoisotopic (exact) mass is 468 g/mol. The van der Waals surface area contributed by atoms with Crippen molar-refractivity contribution in [3.8, 4) is 0 Å². The Balaban J connectivity index is 1.61. The van der Waals surface area contributed by atoms with E-state index in [2.05, 4.69) is 45.0 Å². The maximum absolute atomic E-state index is 13.8. The number of aromatic nitrogens is 1. The molecule has 5 rings (SSSR count). The number of nitrogens with zero attached hydrogens (tertiary/aromatic N) is 2. The van der Waals surface area contributed by atoms with Crippen LogP contribution in [0.25, 0.3) is 0 Å². The normalized spacial score (nSPS) is 29.8. The van der Waals surface area contributed by atoms with Gasteiger partial charge in [-0.25, -0.2) is 0 Å². The smallest absolute Gasteiger partial charge is 0.295 e. The number of hydrogen-bond donors (Lipinski definition) is 0. The van der Waals surface area contributed by atoms with Gasteiger partial charge in [-0.3, -0.25) is 14.5 Å². The highest BCUT2D eigenvalue weighted by Gasteiger charge is 2.54. The molecule has 0 bridgehead atoms. The number of fused-ring (bicyclic) bond motifs is 1. The standard InChI is InChI=1S/C26H29ClN2O4/c1-13-10-19-17(12-18(13)27)23(30)21-22(15-6-8-16(9-7-15)26(3,4)5)29(25(31)24(21)32-19)20-11-14(2)33-28-20/h6-9,11,13,17-19,22H,10,12H2,1-5H3. The fourth-order valence-corrected chi connectivity index (χ4v) is 5.50. The molecule has 0 spiro atoms. The van der Waals surface area contributed by atoms with Crippen LogP contribution in [-0.4, -0.2) is 28.3 Å². The van der Waals surface area contributed by atoms with Crippen LogP contribution < -0.4 is 4.90 Å². The van der Waals surface area contributed by atoms with Crippen molar-refractivity contribution < 1.29 is 18.8 Å². The van der Waals surface area contributed by atoms with Gasteiger partial charge in [0.2, 0.25) is 0 Å². The Labute approximate surface area is 198 Å². The van der Waals surface area contributed by atoms with Crippen molar-refractivity contribution in [2.24, 2.45) is 11.8 Å². The molecule has 1 aliphatic carbocycles. The minimum absolute atomic E-state index is 0.0114. The average molecular weight is 469 g/mol. The number of aryl methyl sites for hydroxylation is 1. The first kappa shape index (κ1) is 22.2. The Morgan fingerprint density at radius 1 is 1.12 bits per heavy atom. The van der Waals surface area contributed by atoms with E-state index < -0.39 is 6.04 Å². The van der Waals surface area contributed by atoms with E-state index in [0.717, 1.165) is 5.56 Å². The highest BCUT2D eigenvalue weighted by molar-refractivity contribution is 6.21. The molecule has 33 heavy (non-hydrogen) atoms. The summed E-state index contributed by atoms with van der Waals surface area (Å²) in [5.74, 6) is 0.589. The topological polar surface area (TPSA) is 72.6 Å². The van der Waals surface area contributed by atoms with Crippen LogP contribution in [0.15, 0.2) is 46.2 Å². The van der Waals surface area contributed by atoms with Crippen LogP contribution in [0.1, 0.15) is 63.5 Å². The van der Waals surface area contributed by atoms with E-state index in [4.69, 9.17) is 20.9 Å². The van der Waals surface area contributed by atoms with Crippen LogP contribution in [-0.2, 0) is 19.7 Å². The highest BCUT2D eigenvalue weighted by atomic mass is 35.5. The molecule has 1 aromatic carbocycles. The zero-order valence-corrected chi connectivity index (χ0v) is 20.3. The number of halogens is 1. The van der Waals surface area contributed by atoms with E-state index in [0.29, 0.717) is 30.0 Å². The van der Waals surface area contributed by atoms with Gasteiger partial charge in [0.25, 0.3) is 5.91 Å². The number of carbonyl (C=O) groups excluding carboxylic acids is 2. The Morgan fingerprint density at radius 2 is 1.82 bits per heavy atom. The first-order valence-electron chi connectivity index (χ1n) is 11.5. The lowest BCUT2D eigenvalue weighted by molar-refractivity contribution is -0.132. The fourth-order valence-electron chi connectivity index (χ4n) is 5.20. The van der Waals surface area contributed by atoms with Crippen molar-refractivity contribution >= 4 is 29.1 Å². The first-order chi connectivity index (χ1) is 15.6. The lowest BCUT2D eigenvalue weighted by atomic mass is 9.74. The SMILES string of the molecule is Cc1cc(N2C(=O)C3=C(C(=O)C4CC(Cl)C(C)CC4O3)C2c2ccc(C(C)(C)C)cc2)no1. The number of anilines is 1. The molecule has 5 atom stereocenters. The Hall–Kier alpha value is -2.60. The number of rotatable bonds is 2. The third-order valence-corrected chi connectivity index (χ3v) is 7.77. The zero-order chi connectivity index (χ0) is 23.7. The molecule has 3 aliphatic rings. The van der Waals surface area contributed by atoms with E-state index in [9.17, 15) is 9.59 Å². The van der Waals surface area contributed by atoms with Crippen LogP contribution in [0, 0.1) is 18.8 Å². The minimum Gasteiger partial charge on any atom is -0.483 e. The van der Waals surface area contributed by atoms with Gasteiger partial charge in [0.1, 0.15) is 11.9 Å². The summed E-state index contributed by atoms with van der Waals surface area (Å²) in [6.07, 6.45) is 0.881. The predicted molar refractivity (Wildman–Crippen MR) is 125 cm³/mol. The summed E-state index contributed by atoms with van der Waals surface area (Å²) in [4.78, 5) is 29.0. The van der Waals surface area contributed by atoms with Crippen molar-refractivity contribution in [1.29, 1.82) is 0 Å². The molecule has 1 amide bonds. The number of amides is 1. The minimum atomic E-state index is -0.618. The largest absolute Gasteiger partial charge is 0.483 e. The van der Waals surface area contributed by atoms with E-state index in [1.165, 1.54) is 10.5 Å². The van der Waals surface area contributed by atoms with Gasteiger partial charge >= 0.3 is 0 Å². The summed E-state index contributed by atoms with van der Waals surface area (Å²) in [5.41, 5.74) is 2.40. The molecule has 2 aliphatic heterocycles. The molecule has 7 heteroatoms. The maximum Gasteiger partial charge on any atom is 0.295 e. The Bertz CT molecular complexity index is 1140. The van der Waals surface area contributed by atoms with Gasteiger partial charge in [-0.2, -0.15) is 0 Å². The number of hydrogen-bond acceptors (Lipinski definition) is 5. The molecular weight excluding hydrogens is 440 g/mol. The summed E-state index contributed by atoms with van der Waals surface area (Å²) >= 11 is 6.54. The summed E-state index contributed by atoms with van der Waals surface area (Å²) < 4.78 is 11.5. The summed E-state index contributed by atoms with van der Waals surface area (Å²) in [5, 5.41) is 4.01. The van der Waals surface area contributed by atoms with Crippen molar-refractivity contribution in [1.82, 2.24) is 5.16 Å². The highest BCUT2D eigenvalue weighted by Crippen LogP contribution is 2.49. The lowest BCUT2D eigenvalue weighted by Crippen LogP contribution is -2.44. The molecule has 3 heterocycles. The Morgan fingerprint density at radius 3 is 2.42 bits per heavy atom. The zero-order valence-electron chi connectivity index (χ0n) is 19.6. The van der Waals surface area contributed by atoms with Crippen molar-refractivity contribution in [2.75, 3.05) is 4.90 Å². The van der Waals surface area contributed by atoms with E-state index in [1.54, 1.807) is 13.0 Å².